The molecule has 6 heteroatoms. The third-order valence-electron chi connectivity index (χ3n) is 2.52. The Hall–Kier alpha value is -1.40. The number of halogens is 1. The summed E-state index contributed by atoms with van der Waals surface area (Å²) >= 11 is 3.25. The maximum atomic E-state index is 11.9. The number of hydrogen-bond acceptors (Lipinski definition) is 3. The van der Waals surface area contributed by atoms with E-state index < -0.39 is 5.97 Å². The van der Waals surface area contributed by atoms with Crippen molar-refractivity contribution in [1.29, 1.82) is 0 Å². The molecule has 0 aromatic heterocycles. The Kier molecular flexibility index (Phi) is 5.71. The van der Waals surface area contributed by atoms with E-state index in [2.05, 4.69) is 26.6 Å². The van der Waals surface area contributed by atoms with E-state index in [-0.39, 0.29) is 23.4 Å². The predicted octanol–water partition coefficient (Wildman–Crippen LogP) is 2.86. The van der Waals surface area contributed by atoms with E-state index in [1.54, 1.807) is 12.1 Å². The minimum absolute atomic E-state index is 0.0557. The molecule has 0 atom stereocenters. The van der Waals surface area contributed by atoms with Crippen molar-refractivity contribution < 1.29 is 14.7 Å². The van der Waals surface area contributed by atoms with E-state index in [1.807, 2.05) is 20.8 Å². The van der Waals surface area contributed by atoms with E-state index in [1.165, 1.54) is 6.07 Å². The normalized spacial score (nSPS) is 11.2. The molecule has 1 rings (SSSR count). The molecule has 5 nitrogen and oxygen atoms in total. The van der Waals surface area contributed by atoms with E-state index in [0.29, 0.717) is 16.7 Å². The van der Waals surface area contributed by atoms with Gasteiger partial charge in [-0.3, -0.25) is 4.79 Å². The maximum Gasteiger partial charge on any atom is 0.337 e. The average Bonchev–Trinajstić information content (AvgIpc) is 2.29. The van der Waals surface area contributed by atoms with Crippen LogP contribution in [0.2, 0.25) is 0 Å². The lowest BCUT2D eigenvalue weighted by molar-refractivity contribution is -0.116. The fourth-order valence-electron chi connectivity index (χ4n) is 1.58. The lowest BCUT2D eigenvalue weighted by Crippen LogP contribution is -2.37. The zero-order valence-corrected chi connectivity index (χ0v) is 13.4. The number of amides is 1. The van der Waals surface area contributed by atoms with Crippen LogP contribution in [0.4, 0.5) is 5.69 Å². The second-order valence-corrected chi connectivity index (χ2v) is 6.30. The van der Waals surface area contributed by atoms with Crippen molar-refractivity contribution in [3.8, 4) is 0 Å². The molecule has 20 heavy (non-hydrogen) atoms. The van der Waals surface area contributed by atoms with E-state index >= 15 is 0 Å². The first-order valence-electron chi connectivity index (χ1n) is 6.27. The van der Waals surface area contributed by atoms with E-state index in [9.17, 15) is 9.59 Å². The summed E-state index contributed by atoms with van der Waals surface area (Å²) in [6.45, 7) is 6.58. The zero-order valence-electron chi connectivity index (χ0n) is 11.8. The highest BCUT2D eigenvalue weighted by atomic mass is 79.9. The highest BCUT2D eigenvalue weighted by molar-refractivity contribution is 9.10. The monoisotopic (exact) mass is 342 g/mol. The number of carbonyl (C=O) groups excluding carboxylic acids is 1. The maximum absolute atomic E-state index is 11.9. The smallest absolute Gasteiger partial charge is 0.337 e. The third-order valence-corrected chi connectivity index (χ3v) is 3.18. The first kappa shape index (κ1) is 16.7. The summed E-state index contributed by atoms with van der Waals surface area (Å²) in [5, 5.41) is 14.9. The first-order chi connectivity index (χ1) is 9.20. The van der Waals surface area contributed by atoms with Gasteiger partial charge < -0.3 is 15.7 Å². The van der Waals surface area contributed by atoms with E-state index in [4.69, 9.17) is 5.11 Å². The Morgan fingerprint density at radius 1 is 1.30 bits per heavy atom. The van der Waals surface area contributed by atoms with Crippen molar-refractivity contribution in [2.45, 2.75) is 32.7 Å². The number of benzene rings is 1. The van der Waals surface area contributed by atoms with Crippen molar-refractivity contribution in [3.63, 3.8) is 0 Å². The second kappa shape index (κ2) is 6.85. The molecule has 0 saturated carbocycles. The van der Waals surface area contributed by atoms with Gasteiger partial charge in [0.25, 0.3) is 0 Å². The molecular formula is C14H19BrN2O3. The standard InChI is InChI=1S/C14H19BrN2O3/c1-14(2,3)16-8-7-11(18)17-12-9(13(19)20)5-4-6-10(12)15/h4-6,16H,7-8H2,1-3H3,(H,17,18)(H,19,20). The minimum atomic E-state index is -1.07. The number of rotatable bonds is 5. The molecule has 1 aromatic rings. The van der Waals surface area contributed by atoms with Gasteiger partial charge in [0.1, 0.15) is 0 Å². The number of carboxylic acids is 1. The van der Waals surface area contributed by atoms with Crippen LogP contribution in [0, 0.1) is 0 Å². The molecule has 0 unspecified atom stereocenters. The molecule has 110 valence electrons. The quantitative estimate of drug-likeness (QED) is 0.768. The Morgan fingerprint density at radius 3 is 2.50 bits per heavy atom. The molecule has 3 N–H and O–H groups in total. The molecule has 0 aliphatic rings. The van der Waals surface area contributed by atoms with Crippen LogP contribution in [0.15, 0.2) is 22.7 Å². The van der Waals surface area contributed by atoms with Gasteiger partial charge in [0.15, 0.2) is 0 Å². The van der Waals surface area contributed by atoms with Crippen molar-refractivity contribution in [3.05, 3.63) is 28.2 Å². The third kappa shape index (κ3) is 5.30. The fourth-order valence-corrected chi connectivity index (χ4v) is 2.05. The molecule has 1 amide bonds. The topological polar surface area (TPSA) is 78.4 Å². The average molecular weight is 343 g/mol. The SMILES string of the molecule is CC(C)(C)NCCC(=O)Nc1c(Br)cccc1C(=O)O. The van der Waals surface area contributed by atoms with Crippen molar-refractivity contribution in [1.82, 2.24) is 5.32 Å². The Morgan fingerprint density at radius 2 is 1.95 bits per heavy atom. The second-order valence-electron chi connectivity index (χ2n) is 5.44. The number of para-hydroxylation sites is 1. The lowest BCUT2D eigenvalue weighted by Gasteiger charge is -2.20. The first-order valence-corrected chi connectivity index (χ1v) is 7.06. The van der Waals surface area contributed by atoms with Gasteiger partial charge in [-0.1, -0.05) is 6.07 Å². The predicted molar refractivity (Wildman–Crippen MR) is 82.1 cm³/mol. The number of anilines is 1. The highest BCUT2D eigenvalue weighted by Crippen LogP contribution is 2.26. The van der Waals surface area contributed by atoms with Crippen LogP contribution in [0.1, 0.15) is 37.6 Å². The molecule has 0 aliphatic heterocycles. The summed E-state index contributed by atoms with van der Waals surface area (Å²) < 4.78 is 0.550. The summed E-state index contributed by atoms with van der Waals surface area (Å²) in [7, 11) is 0. The van der Waals surface area contributed by atoms with Crippen molar-refractivity contribution in [2.24, 2.45) is 0 Å². The number of carbonyl (C=O) groups is 2. The molecule has 1 aromatic carbocycles. The van der Waals surface area contributed by atoms with Gasteiger partial charge in [-0.15, -0.1) is 0 Å². The van der Waals surface area contributed by atoms with Crippen LogP contribution < -0.4 is 10.6 Å². The fraction of sp³-hybridized carbons (Fsp3) is 0.429. The van der Waals surface area contributed by atoms with Gasteiger partial charge in [0.05, 0.1) is 11.3 Å². The molecule has 0 saturated heterocycles. The Bertz CT molecular complexity index is 510. The van der Waals surface area contributed by atoms with E-state index in [0.717, 1.165) is 0 Å². The molecule has 0 fully saturated rings. The summed E-state index contributed by atoms with van der Waals surface area (Å²) in [6, 6.07) is 4.76. The minimum Gasteiger partial charge on any atom is -0.478 e. The van der Waals surface area contributed by atoms with Gasteiger partial charge in [0.2, 0.25) is 5.91 Å². The van der Waals surface area contributed by atoms with Crippen molar-refractivity contribution >= 4 is 33.5 Å². The summed E-state index contributed by atoms with van der Waals surface area (Å²) in [5.41, 5.74) is 0.303. The molecule has 0 bridgehead atoms. The van der Waals surface area contributed by atoms with Crippen LogP contribution in [0.25, 0.3) is 0 Å². The largest absolute Gasteiger partial charge is 0.478 e. The Labute approximate surface area is 126 Å². The molecule has 0 heterocycles. The van der Waals surface area contributed by atoms with Gasteiger partial charge >= 0.3 is 5.97 Å². The number of aromatic carboxylic acids is 1. The summed E-state index contributed by atoms with van der Waals surface area (Å²) in [6.07, 6.45) is 0.275. The number of hydrogen-bond donors (Lipinski definition) is 3. The number of carboxylic acid groups (broad SMARTS) is 1. The van der Waals surface area contributed by atoms with Crippen molar-refractivity contribution in [2.75, 3.05) is 11.9 Å². The highest BCUT2D eigenvalue weighted by Gasteiger charge is 2.15. The van der Waals surface area contributed by atoms with Crippen LogP contribution in [0.3, 0.4) is 0 Å². The van der Waals surface area contributed by atoms with Crippen LogP contribution in [-0.4, -0.2) is 29.1 Å². The molecule has 0 spiro atoms. The lowest BCUT2D eigenvalue weighted by atomic mass is 10.1. The van der Waals surface area contributed by atoms with Crippen LogP contribution in [-0.2, 0) is 4.79 Å². The summed E-state index contributed by atoms with van der Waals surface area (Å²) in [5.74, 6) is -1.30. The van der Waals surface area contributed by atoms with Crippen LogP contribution in [0.5, 0.6) is 0 Å². The van der Waals surface area contributed by atoms with Gasteiger partial charge in [0, 0.05) is 23.0 Å². The van der Waals surface area contributed by atoms with Crippen LogP contribution >= 0.6 is 15.9 Å². The summed E-state index contributed by atoms with van der Waals surface area (Å²) in [4.78, 5) is 23.0. The molecule has 0 radical (unpaired) electrons. The number of nitrogens with one attached hydrogen (secondary N) is 2. The van der Waals surface area contributed by atoms with Gasteiger partial charge in [-0.2, -0.15) is 0 Å². The van der Waals surface area contributed by atoms with Gasteiger partial charge in [-0.05, 0) is 48.8 Å². The Balaban J connectivity index is 2.69. The van der Waals surface area contributed by atoms with Gasteiger partial charge in [-0.25, -0.2) is 4.79 Å². The molecular weight excluding hydrogens is 324 g/mol. The zero-order chi connectivity index (χ0) is 15.3. The molecule has 0 aliphatic carbocycles.